The smallest absolute Gasteiger partial charge is 0.314 e. The molecule has 1 N–H and O–H groups in total. The molecule has 0 bridgehead atoms. The van der Waals surface area contributed by atoms with Crippen molar-refractivity contribution >= 4 is 28.9 Å². The molecule has 1 heterocycles. The molecule has 1 atom stereocenters. The summed E-state index contributed by atoms with van der Waals surface area (Å²) in [5.41, 5.74) is -0.453. The van der Waals surface area contributed by atoms with Gasteiger partial charge in [0.25, 0.3) is 0 Å². The lowest BCUT2D eigenvalue weighted by atomic mass is 10.1. The van der Waals surface area contributed by atoms with Gasteiger partial charge in [-0.1, -0.05) is 17.7 Å². The van der Waals surface area contributed by atoms with Crippen LogP contribution in [0.1, 0.15) is 6.42 Å². The molecular weight excluding hydrogens is 272 g/mol. The zero-order valence-corrected chi connectivity index (χ0v) is 10.6. The van der Waals surface area contributed by atoms with Crippen LogP contribution < -0.4 is 4.90 Å². The van der Waals surface area contributed by atoms with Crippen molar-refractivity contribution in [2.45, 2.75) is 6.42 Å². The lowest BCUT2D eigenvalue weighted by molar-refractivity contribution is -0.385. The van der Waals surface area contributed by atoms with Gasteiger partial charge in [0.2, 0.25) is 11.7 Å². The maximum atomic E-state index is 11.8. The summed E-state index contributed by atoms with van der Waals surface area (Å²) in [5.74, 6) is -0.811. The molecule has 0 spiro atoms. The zero-order chi connectivity index (χ0) is 14.2. The van der Waals surface area contributed by atoms with Crippen LogP contribution in [0.4, 0.5) is 11.4 Å². The second-order valence-corrected chi connectivity index (χ2v) is 4.69. The monoisotopic (exact) mass is 282 g/mol. The van der Waals surface area contributed by atoms with Gasteiger partial charge in [0.05, 0.1) is 10.6 Å². The average Bonchev–Trinajstić information content (AvgIpc) is 2.72. The number of carbonyl (C=O) groups excluding carboxylic acids is 1. The lowest BCUT2D eigenvalue weighted by Crippen LogP contribution is -2.24. The third-order valence-corrected chi connectivity index (χ3v) is 3.23. The van der Waals surface area contributed by atoms with E-state index in [1.807, 2.05) is 0 Å². The third kappa shape index (κ3) is 2.39. The minimum Gasteiger partial charge on any atom is -0.501 e. The number of nitro groups is 1. The van der Waals surface area contributed by atoms with Gasteiger partial charge in [0, 0.05) is 30.0 Å². The van der Waals surface area contributed by atoms with E-state index in [-0.39, 0.29) is 29.0 Å². The van der Waals surface area contributed by atoms with Crippen molar-refractivity contribution in [2.24, 2.45) is 5.92 Å². The summed E-state index contributed by atoms with van der Waals surface area (Å²) in [7, 11) is 0. The fourth-order valence-electron chi connectivity index (χ4n) is 2.04. The van der Waals surface area contributed by atoms with Crippen LogP contribution in [0.15, 0.2) is 24.8 Å². The number of benzene rings is 1. The van der Waals surface area contributed by atoms with E-state index >= 15 is 0 Å². The van der Waals surface area contributed by atoms with Crippen LogP contribution in [0, 0.1) is 16.0 Å². The van der Waals surface area contributed by atoms with Crippen LogP contribution >= 0.6 is 11.6 Å². The van der Waals surface area contributed by atoms with Crippen molar-refractivity contribution in [3.8, 4) is 5.75 Å². The number of halogens is 1. The quantitative estimate of drug-likeness (QED) is 0.524. The summed E-state index contributed by atoms with van der Waals surface area (Å²) in [6.45, 7) is 3.94. The average molecular weight is 283 g/mol. The molecule has 1 unspecified atom stereocenters. The molecule has 6 nitrogen and oxygen atoms in total. The number of amides is 1. The van der Waals surface area contributed by atoms with Crippen molar-refractivity contribution < 1.29 is 14.8 Å². The van der Waals surface area contributed by atoms with Gasteiger partial charge in [-0.2, -0.15) is 0 Å². The first-order chi connectivity index (χ1) is 8.93. The van der Waals surface area contributed by atoms with E-state index in [0.717, 1.165) is 6.07 Å². The Morgan fingerprint density at radius 1 is 1.58 bits per heavy atom. The highest BCUT2D eigenvalue weighted by Crippen LogP contribution is 2.41. The number of hydrogen-bond acceptors (Lipinski definition) is 4. The van der Waals surface area contributed by atoms with Gasteiger partial charge in [0.1, 0.15) is 0 Å². The number of rotatable bonds is 3. The molecule has 1 aliphatic rings. The lowest BCUT2D eigenvalue weighted by Gasteiger charge is -2.17. The summed E-state index contributed by atoms with van der Waals surface area (Å²) in [4.78, 5) is 23.2. The van der Waals surface area contributed by atoms with Gasteiger partial charge in [-0.05, 0) is 6.07 Å². The van der Waals surface area contributed by atoms with Gasteiger partial charge in [-0.25, -0.2) is 0 Å². The fraction of sp³-hybridized carbons (Fsp3) is 0.250. The second kappa shape index (κ2) is 4.89. The number of phenols is 1. The Morgan fingerprint density at radius 2 is 2.26 bits per heavy atom. The van der Waals surface area contributed by atoms with Crippen molar-refractivity contribution in [3.05, 3.63) is 39.9 Å². The molecular formula is C12H11ClN2O4. The Balaban J connectivity index is 2.48. The maximum absolute atomic E-state index is 11.8. The highest BCUT2D eigenvalue weighted by molar-refractivity contribution is 6.31. The van der Waals surface area contributed by atoms with E-state index in [2.05, 4.69) is 6.58 Å². The first kappa shape index (κ1) is 13.4. The van der Waals surface area contributed by atoms with Gasteiger partial charge in [-0.15, -0.1) is 6.58 Å². The van der Waals surface area contributed by atoms with Crippen molar-refractivity contribution in [2.75, 3.05) is 11.4 Å². The molecule has 7 heteroatoms. The topological polar surface area (TPSA) is 83.7 Å². The van der Waals surface area contributed by atoms with E-state index in [9.17, 15) is 20.0 Å². The minimum atomic E-state index is -0.740. The normalized spacial score (nSPS) is 18.7. The fourth-order valence-corrected chi connectivity index (χ4v) is 2.25. The van der Waals surface area contributed by atoms with Gasteiger partial charge in [-0.3, -0.25) is 14.9 Å². The van der Waals surface area contributed by atoms with E-state index in [1.165, 1.54) is 11.0 Å². The number of aromatic hydroxyl groups is 1. The van der Waals surface area contributed by atoms with E-state index < -0.39 is 16.4 Å². The summed E-state index contributed by atoms with van der Waals surface area (Å²) >= 11 is 5.79. The Labute approximate surface area is 114 Å². The molecule has 1 fully saturated rings. The molecule has 1 aromatic rings. The Hall–Kier alpha value is -2.08. The number of carbonyl (C=O) groups is 1. The Morgan fingerprint density at radius 3 is 2.79 bits per heavy atom. The van der Waals surface area contributed by atoms with Crippen molar-refractivity contribution in [1.82, 2.24) is 0 Å². The predicted molar refractivity (Wildman–Crippen MR) is 70.4 cm³/mol. The number of nitro benzene ring substituents is 1. The third-order valence-electron chi connectivity index (χ3n) is 3.01. The van der Waals surface area contributed by atoms with Crippen LogP contribution in [0.5, 0.6) is 5.75 Å². The molecule has 100 valence electrons. The molecule has 1 aliphatic heterocycles. The van der Waals surface area contributed by atoms with E-state index in [0.29, 0.717) is 6.54 Å². The van der Waals surface area contributed by atoms with Gasteiger partial charge >= 0.3 is 5.69 Å². The molecule has 0 saturated carbocycles. The molecule has 1 amide bonds. The maximum Gasteiger partial charge on any atom is 0.314 e. The Bertz CT molecular complexity index is 573. The van der Waals surface area contributed by atoms with Crippen LogP contribution in [0.25, 0.3) is 0 Å². The highest BCUT2D eigenvalue weighted by atomic mass is 35.5. The van der Waals surface area contributed by atoms with Crippen LogP contribution in [-0.4, -0.2) is 22.5 Å². The van der Waals surface area contributed by atoms with E-state index in [1.54, 1.807) is 6.08 Å². The number of hydrogen-bond donors (Lipinski definition) is 1. The molecule has 1 aromatic carbocycles. The van der Waals surface area contributed by atoms with Gasteiger partial charge in [0.15, 0.2) is 0 Å². The summed E-state index contributed by atoms with van der Waals surface area (Å²) in [6.07, 6.45) is 1.91. The summed E-state index contributed by atoms with van der Waals surface area (Å²) in [6, 6.07) is 2.39. The largest absolute Gasteiger partial charge is 0.501 e. The second-order valence-electron chi connectivity index (χ2n) is 4.25. The highest BCUT2D eigenvalue weighted by Gasteiger charge is 2.32. The molecule has 2 rings (SSSR count). The van der Waals surface area contributed by atoms with E-state index in [4.69, 9.17) is 11.6 Å². The molecule has 0 aromatic heterocycles. The molecule has 0 radical (unpaired) electrons. The van der Waals surface area contributed by atoms with Crippen LogP contribution in [0.3, 0.4) is 0 Å². The first-order valence-electron chi connectivity index (χ1n) is 5.54. The number of anilines is 1. The standard InChI is InChI=1S/C12H11ClN2O4/c1-2-7-3-11(16)14(6-7)9-4-8(13)5-10(12(9)17)15(18)19/h2,4-5,7,17H,1,3,6H2. The van der Waals surface area contributed by atoms with Crippen molar-refractivity contribution in [3.63, 3.8) is 0 Å². The number of nitrogens with zero attached hydrogens (tertiary/aromatic N) is 2. The summed E-state index contributed by atoms with van der Waals surface area (Å²) in [5, 5.41) is 20.8. The predicted octanol–water partition coefficient (Wildman–Crippen LogP) is 2.49. The van der Waals surface area contributed by atoms with Crippen LogP contribution in [-0.2, 0) is 4.79 Å². The molecule has 0 aliphatic carbocycles. The molecule has 1 saturated heterocycles. The van der Waals surface area contributed by atoms with Crippen molar-refractivity contribution in [1.29, 1.82) is 0 Å². The minimum absolute atomic E-state index is 0.0371. The number of phenolic OH excluding ortho intramolecular Hbond substituents is 1. The SMILES string of the molecule is C=CC1CC(=O)N(c2cc(Cl)cc([N+](=O)[O-])c2O)C1. The zero-order valence-electron chi connectivity index (χ0n) is 9.88. The summed E-state index contributed by atoms with van der Waals surface area (Å²) < 4.78 is 0. The molecule has 19 heavy (non-hydrogen) atoms. The van der Waals surface area contributed by atoms with Crippen LogP contribution in [0.2, 0.25) is 5.02 Å². The first-order valence-corrected chi connectivity index (χ1v) is 5.91. The Kier molecular flexibility index (Phi) is 3.44. The van der Waals surface area contributed by atoms with Gasteiger partial charge < -0.3 is 10.0 Å².